The molecule has 0 fully saturated rings. The second-order valence-corrected chi connectivity index (χ2v) is 7.59. The molecule has 4 rings (SSSR count). The number of hydrogen-bond acceptors (Lipinski definition) is 5. The molecule has 0 bridgehead atoms. The number of thiophene rings is 1. The van der Waals surface area contributed by atoms with Crippen molar-refractivity contribution in [3.8, 4) is 0 Å². The van der Waals surface area contributed by atoms with E-state index in [0.717, 1.165) is 41.5 Å². The number of urea groups is 1. The van der Waals surface area contributed by atoms with Gasteiger partial charge >= 0.3 is 12.2 Å². The highest BCUT2D eigenvalue weighted by atomic mass is 32.1. The van der Waals surface area contributed by atoms with Crippen LogP contribution < -0.4 is 16.2 Å². The summed E-state index contributed by atoms with van der Waals surface area (Å²) in [5.74, 6) is -0.599. The predicted octanol–water partition coefficient (Wildman–Crippen LogP) is 4.88. The number of rotatable bonds is 3. The summed E-state index contributed by atoms with van der Waals surface area (Å²) >= 11 is 1.58. The number of aryl methyl sites for hydroxylation is 2. The van der Waals surface area contributed by atoms with Crippen molar-refractivity contribution in [1.29, 1.82) is 0 Å². The fraction of sp³-hybridized carbons (Fsp3) is 0.278. The third kappa shape index (κ3) is 3.95. The summed E-state index contributed by atoms with van der Waals surface area (Å²) in [6.45, 7) is 0. The van der Waals surface area contributed by atoms with Gasteiger partial charge in [0.2, 0.25) is 0 Å². The number of hydrogen-bond donors (Lipinski definition) is 3. The molecule has 2 aromatic heterocycles. The highest BCUT2D eigenvalue weighted by Crippen LogP contribution is 2.38. The third-order valence-corrected chi connectivity index (χ3v) is 5.79. The minimum atomic E-state index is -4.65. The average molecular weight is 425 g/mol. The van der Waals surface area contributed by atoms with Crippen molar-refractivity contribution >= 4 is 39.1 Å². The van der Waals surface area contributed by atoms with E-state index in [1.807, 2.05) is 0 Å². The molecule has 11 heteroatoms. The van der Waals surface area contributed by atoms with Gasteiger partial charge in [0.05, 0.1) is 16.6 Å². The Labute approximate surface area is 166 Å². The van der Waals surface area contributed by atoms with Gasteiger partial charge in [-0.3, -0.25) is 10.9 Å². The first-order chi connectivity index (χ1) is 13.8. The summed E-state index contributed by atoms with van der Waals surface area (Å²) in [7, 11) is 0. The van der Waals surface area contributed by atoms with E-state index in [1.54, 1.807) is 11.3 Å². The number of aromatic nitrogens is 2. The number of amides is 2. The van der Waals surface area contributed by atoms with Crippen molar-refractivity contribution in [3.63, 3.8) is 0 Å². The zero-order valence-corrected chi connectivity index (χ0v) is 15.7. The first-order valence-corrected chi connectivity index (χ1v) is 9.59. The number of nitrogens with one attached hydrogen (secondary N) is 3. The molecule has 0 unspecified atom stereocenters. The van der Waals surface area contributed by atoms with Crippen LogP contribution in [0.15, 0.2) is 24.5 Å². The zero-order chi connectivity index (χ0) is 20.6. The number of anilines is 2. The molecule has 3 N–H and O–H groups in total. The third-order valence-electron chi connectivity index (χ3n) is 4.59. The molecule has 1 aromatic carbocycles. The quantitative estimate of drug-likeness (QED) is 0.413. The molecule has 1 aliphatic rings. The maximum Gasteiger partial charge on any atom is 0.416 e. The fourth-order valence-corrected chi connectivity index (χ4v) is 4.48. The number of halogens is 4. The van der Waals surface area contributed by atoms with Gasteiger partial charge in [-0.25, -0.2) is 19.2 Å². The molecule has 1 aliphatic carbocycles. The van der Waals surface area contributed by atoms with Gasteiger partial charge in [-0.1, -0.05) is 0 Å². The molecule has 0 saturated carbocycles. The number of nitrogens with zero attached hydrogens (tertiary/aromatic N) is 2. The lowest BCUT2D eigenvalue weighted by Crippen LogP contribution is -2.34. The topological polar surface area (TPSA) is 78.9 Å². The smallest absolute Gasteiger partial charge is 0.304 e. The van der Waals surface area contributed by atoms with Crippen LogP contribution in [0.1, 0.15) is 28.8 Å². The Bertz CT molecular complexity index is 1080. The second kappa shape index (κ2) is 7.47. The number of benzene rings is 1. The molecule has 152 valence electrons. The molecule has 2 amide bonds. The summed E-state index contributed by atoms with van der Waals surface area (Å²) in [4.78, 5) is 22.5. The SMILES string of the molecule is O=C(NNc1ncnc2sc3c(c12)CCCC3)Nc1cc(C(F)(F)F)ccc1F. The Morgan fingerprint density at radius 3 is 2.72 bits per heavy atom. The van der Waals surface area contributed by atoms with Gasteiger partial charge in [0, 0.05) is 4.88 Å². The van der Waals surface area contributed by atoms with Crippen molar-refractivity contribution in [1.82, 2.24) is 15.4 Å². The van der Waals surface area contributed by atoms with Crippen LogP contribution in [0.3, 0.4) is 0 Å². The van der Waals surface area contributed by atoms with E-state index in [9.17, 15) is 22.4 Å². The molecule has 0 radical (unpaired) electrons. The average Bonchev–Trinajstić information content (AvgIpc) is 3.06. The lowest BCUT2D eigenvalue weighted by Gasteiger charge is -2.14. The van der Waals surface area contributed by atoms with Crippen LogP contribution >= 0.6 is 11.3 Å². The van der Waals surface area contributed by atoms with Crippen molar-refractivity contribution in [2.24, 2.45) is 0 Å². The minimum absolute atomic E-state index is 0.383. The first kappa shape index (κ1) is 19.4. The molecule has 0 saturated heterocycles. The number of fused-ring (bicyclic) bond motifs is 3. The normalized spacial score (nSPS) is 13.8. The summed E-state index contributed by atoms with van der Waals surface area (Å²) < 4.78 is 52.1. The summed E-state index contributed by atoms with van der Waals surface area (Å²) in [5, 5.41) is 2.89. The Morgan fingerprint density at radius 1 is 1.14 bits per heavy atom. The van der Waals surface area contributed by atoms with Crippen LogP contribution in [-0.4, -0.2) is 16.0 Å². The van der Waals surface area contributed by atoms with Gasteiger partial charge in [-0.15, -0.1) is 11.3 Å². The van der Waals surface area contributed by atoms with Crippen LogP contribution in [0.4, 0.5) is 33.9 Å². The van der Waals surface area contributed by atoms with Crippen LogP contribution in [-0.2, 0) is 19.0 Å². The summed E-state index contributed by atoms with van der Waals surface area (Å²) in [6, 6.07) is 0.859. The minimum Gasteiger partial charge on any atom is -0.304 e. The zero-order valence-electron chi connectivity index (χ0n) is 14.9. The molecular formula is C18H15F4N5OS. The van der Waals surface area contributed by atoms with Crippen molar-refractivity contribution in [3.05, 3.63) is 46.3 Å². The maximum absolute atomic E-state index is 13.8. The predicted molar refractivity (Wildman–Crippen MR) is 101 cm³/mol. The largest absolute Gasteiger partial charge is 0.416 e. The van der Waals surface area contributed by atoms with E-state index in [0.29, 0.717) is 24.0 Å². The van der Waals surface area contributed by atoms with E-state index in [4.69, 9.17) is 0 Å². The lowest BCUT2D eigenvalue weighted by atomic mass is 9.97. The Morgan fingerprint density at radius 2 is 1.93 bits per heavy atom. The fourth-order valence-electron chi connectivity index (χ4n) is 3.25. The van der Waals surface area contributed by atoms with Gasteiger partial charge in [-0.2, -0.15) is 13.2 Å². The van der Waals surface area contributed by atoms with Crippen LogP contribution in [0.5, 0.6) is 0 Å². The van der Waals surface area contributed by atoms with Crippen molar-refractivity contribution < 1.29 is 22.4 Å². The van der Waals surface area contributed by atoms with E-state index < -0.39 is 29.3 Å². The standard InChI is InChI=1S/C18H15F4N5OS/c19-11-6-5-9(18(20,21)22)7-12(11)25-17(28)27-26-15-14-10-3-1-2-4-13(10)29-16(14)24-8-23-15/h5-8H,1-4H2,(H,23,24,26)(H2,25,27,28). The molecule has 6 nitrogen and oxygen atoms in total. The van der Waals surface area contributed by atoms with Crippen LogP contribution in [0.2, 0.25) is 0 Å². The monoisotopic (exact) mass is 425 g/mol. The highest BCUT2D eigenvalue weighted by Gasteiger charge is 2.31. The van der Waals surface area contributed by atoms with Gasteiger partial charge in [0.25, 0.3) is 0 Å². The number of carbonyl (C=O) groups is 1. The van der Waals surface area contributed by atoms with Gasteiger partial charge in [-0.05, 0) is 49.4 Å². The first-order valence-electron chi connectivity index (χ1n) is 8.78. The van der Waals surface area contributed by atoms with Crippen LogP contribution in [0.25, 0.3) is 10.2 Å². The highest BCUT2D eigenvalue weighted by molar-refractivity contribution is 7.19. The molecule has 3 aromatic rings. The Kier molecular flexibility index (Phi) is 4.99. The van der Waals surface area contributed by atoms with E-state index >= 15 is 0 Å². The Balaban J connectivity index is 1.50. The summed E-state index contributed by atoms with van der Waals surface area (Å²) in [6.07, 6.45) is 0.731. The molecule has 0 spiro atoms. The number of hydrazine groups is 1. The van der Waals surface area contributed by atoms with E-state index in [2.05, 4.69) is 26.1 Å². The molecule has 0 atom stereocenters. The molecular weight excluding hydrogens is 410 g/mol. The number of carbonyl (C=O) groups excluding carboxylic acids is 1. The van der Waals surface area contributed by atoms with Crippen molar-refractivity contribution in [2.45, 2.75) is 31.9 Å². The van der Waals surface area contributed by atoms with Gasteiger partial charge in [0.1, 0.15) is 17.0 Å². The number of alkyl halides is 3. The van der Waals surface area contributed by atoms with Crippen LogP contribution in [0, 0.1) is 5.82 Å². The van der Waals surface area contributed by atoms with Gasteiger partial charge < -0.3 is 5.32 Å². The van der Waals surface area contributed by atoms with E-state index in [1.165, 1.54) is 11.2 Å². The van der Waals surface area contributed by atoms with E-state index in [-0.39, 0.29) is 0 Å². The van der Waals surface area contributed by atoms with Crippen molar-refractivity contribution in [2.75, 3.05) is 10.7 Å². The summed E-state index contributed by atoms with van der Waals surface area (Å²) in [5.41, 5.74) is 4.44. The molecule has 2 heterocycles. The molecule has 29 heavy (non-hydrogen) atoms. The lowest BCUT2D eigenvalue weighted by molar-refractivity contribution is -0.137. The molecule has 0 aliphatic heterocycles. The van der Waals surface area contributed by atoms with Gasteiger partial charge in [0.15, 0.2) is 5.82 Å². The Hall–Kier alpha value is -2.95. The second-order valence-electron chi connectivity index (χ2n) is 6.51. The maximum atomic E-state index is 13.8.